The first-order chi connectivity index (χ1) is 11.3. The molecule has 4 aliphatic rings. The molecule has 4 nitrogen and oxygen atoms in total. The van der Waals surface area contributed by atoms with Crippen molar-refractivity contribution >= 4 is 5.97 Å². The Bertz CT molecular complexity index is 636. The fourth-order valence-electron chi connectivity index (χ4n) is 6.59. The van der Waals surface area contributed by atoms with Gasteiger partial charge in [-0.1, -0.05) is 27.2 Å². The van der Waals surface area contributed by atoms with Gasteiger partial charge in [0, 0.05) is 18.3 Å². The molecular weight excluding hydrogens is 304 g/mol. The van der Waals surface area contributed by atoms with E-state index in [1.54, 1.807) is 6.08 Å². The van der Waals surface area contributed by atoms with Crippen molar-refractivity contribution in [3.8, 4) is 0 Å². The van der Waals surface area contributed by atoms with Crippen molar-refractivity contribution in [3.63, 3.8) is 0 Å². The molecule has 2 N–H and O–H groups in total. The predicted molar refractivity (Wildman–Crippen MR) is 89.7 cm³/mol. The third-order valence-corrected chi connectivity index (χ3v) is 7.64. The van der Waals surface area contributed by atoms with Crippen LogP contribution in [0.5, 0.6) is 0 Å². The van der Waals surface area contributed by atoms with Crippen LogP contribution < -0.4 is 0 Å². The molecule has 0 saturated heterocycles. The van der Waals surface area contributed by atoms with Crippen LogP contribution >= 0.6 is 0 Å². The van der Waals surface area contributed by atoms with Crippen LogP contribution in [0.2, 0.25) is 0 Å². The maximum absolute atomic E-state index is 11.7. The second-order valence-electron chi connectivity index (χ2n) is 8.98. The molecule has 2 saturated carbocycles. The number of esters is 1. The average molecular weight is 332 g/mol. The van der Waals surface area contributed by atoms with Gasteiger partial charge in [-0.2, -0.15) is 0 Å². The molecule has 132 valence electrons. The van der Waals surface area contributed by atoms with Gasteiger partial charge in [0.15, 0.2) is 0 Å². The summed E-state index contributed by atoms with van der Waals surface area (Å²) in [6.45, 7) is 6.68. The molecule has 1 heterocycles. The van der Waals surface area contributed by atoms with Crippen molar-refractivity contribution in [1.29, 1.82) is 0 Å². The monoisotopic (exact) mass is 332 g/mol. The lowest BCUT2D eigenvalue weighted by Gasteiger charge is -2.62. The first-order valence-electron chi connectivity index (χ1n) is 9.25. The summed E-state index contributed by atoms with van der Waals surface area (Å²) in [5.41, 5.74) is 0.692. The third kappa shape index (κ3) is 2.02. The second kappa shape index (κ2) is 5.18. The molecule has 0 aromatic carbocycles. The van der Waals surface area contributed by atoms with Gasteiger partial charge in [-0.05, 0) is 59.8 Å². The molecule has 3 aliphatic carbocycles. The first kappa shape index (κ1) is 16.3. The van der Waals surface area contributed by atoms with Gasteiger partial charge >= 0.3 is 5.97 Å². The summed E-state index contributed by atoms with van der Waals surface area (Å²) >= 11 is 0. The number of aliphatic hydroxyl groups excluding tert-OH is 2. The molecule has 0 aromatic rings. The molecular formula is C20H28O4. The lowest BCUT2D eigenvalue weighted by molar-refractivity contribution is -0.171. The zero-order chi connectivity index (χ0) is 17.3. The van der Waals surface area contributed by atoms with Gasteiger partial charge in [0.25, 0.3) is 0 Å². The fraction of sp³-hybridized carbons (Fsp3) is 0.750. The summed E-state index contributed by atoms with van der Waals surface area (Å²) in [6, 6.07) is 0. The normalized spacial score (nSPS) is 50.2. The van der Waals surface area contributed by atoms with Crippen molar-refractivity contribution in [1.82, 2.24) is 0 Å². The maximum Gasteiger partial charge on any atom is 0.336 e. The van der Waals surface area contributed by atoms with E-state index in [9.17, 15) is 15.0 Å². The zero-order valence-electron chi connectivity index (χ0n) is 14.8. The van der Waals surface area contributed by atoms with E-state index in [1.807, 2.05) is 0 Å². The second-order valence-corrected chi connectivity index (χ2v) is 8.98. The number of carbonyl (C=O) groups is 1. The number of aliphatic hydroxyl groups is 2. The molecule has 2 fully saturated rings. The van der Waals surface area contributed by atoms with Gasteiger partial charge in [-0.3, -0.25) is 0 Å². The molecule has 0 unspecified atom stereocenters. The number of allylic oxidation sites excluding steroid dienone is 2. The maximum atomic E-state index is 11.7. The van der Waals surface area contributed by atoms with E-state index in [-0.39, 0.29) is 41.2 Å². The van der Waals surface area contributed by atoms with Crippen molar-refractivity contribution in [3.05, 3.63) is 23.5 Å². The molecule has 7 atom stereocenters. The van der Waals surface area contributed by atoms with Crippen molar-refractivity contribution in [2.24, 2.45) is 34.5 Å². The molecule has 4 heteroatoms. The Kier molecular flexibility index (Phi) is 3.53. The minimum atomic E-state index is -0.398. The third-order valence-electron chi connectivity index (χ3n) is 7.64. The summed E-state index contributed by atoms with van der Waals surface area (Å²) in [5.74, 6) is 1.37. The van der Waals surface area contributed by atoms with Crippen LogP contribution in [0.25, 0.3) is 0 Å². The number of ether oxygens (including phenoxy) is 1. The Morgan fingerprint density at radius 1 is 1.33 bits per heavy atom. The van der Waals surface area contributed by atoms with E-state index in [1.165, 1.54) is 0 Å². The van der Waals surface area contributed by atoms with Crippen molar-refractivity contribution < 1.29 is 19.7 Å². The number of rotatable bonds is 1. The van der Waals surface area contributed by atoms with Crippen LogP contribution in [0.4, 0.5) is 0 Å². The Labute approximate surface area is 143 Å². The highest BCUT2D eigenvalue weighted by molar-refractivity contribution is 5.88. The van der Waals surface area contributed by atoms with Gasteiger partial charge in [-0.25, -0.2) is 4.79 Å². The Morgan fingerprint density at radius 2 is 2.08 bits per heavy atom. The standard InChI is InChI=1S/C20H28O4/c1-11-12-7-15(22)18-19(2,10-21)5-4-6-20(18,3)14(12)9-16-13(11)8-17(23)24-16/h8-9,11-12,14-15,18,21-22H,4-7,10H2,1-3H3/t11-,12+,14+,15-,18+,19+,20-/m1/s1. The summed E-state index contributed by atoms with van der Waals surface area (Å²) in [7, 11) is 0. The first-order valence-corrected chi connectivity index (χ1v) is 9.25. The summed E-state index contributed by atoms with van der Waals surface area (Å²) < 4.78 is 5.43. The van der Waals surface area contributed by atoms with Gasteiger partial charge in [0.05, 0.1) is 6.10 Å². The highest BCUT2D eigenvalue weighted by Crippen LogP contribution is 2.64. The molecule has 1 aliphatic heterocycles. The quantitative estimate of drug-likeness (QED) is 0.725. The topological polar surface area (TPSA) is 66.8 Å². The van der Waals surface area contributed by atoms with E-state index >= 15 is 0 Å². The highest BCUT2D eigenvalue weighted by atomic mass is 16.5. The van der Waals surface area contributed by atoms with E-state index in [2.05, 4.69) is 26.8 Å². The minimum Gasteiger partial charge on any atom is -0.423 e. The van der Waals surface area contributed by atoms with Gasteiger partial charge < -0.3 is 14.9 Å². The van der Waals surface area contributed by atoms with Crippen molar-refractivity contribution in [2.75, 3.05) is 6.61 Å². The highest BCUT2D eigenvalue weighted by Gasteiger charge is 2.61. The van der Waals surface area contributed by atoms with Gasteiger partial charge in [0.2, 0.25) is 0 Å². The lowest BCUT2D eigenvalue weighted by atomic mass is 9.43. The summed E-state index contributed by atoms with van der Waals surface area (Å²) in [6.07, 6.45) is 7.19. The van der Waals surface area contributed by atoms with Gasteiger partial charge in [-0.15, -0.1) is 0 Å². The number of fused-ring (bicyclic) bond motifs is 4. The molecule has 4 rings (SSSR count). The smallest absolute Gasteiger partial charge is 0.336 e. The Balaban J connectivity index is 1.81. The van der Waals surface area contributed by atoms with E-state index in [4.69, 9.17) is 4.74 Å². The SMILES string of the molecule is C[C@H]1C2=CC(=O)OC2=C[C@H]2[C@H]1C[C@@H](O)[C@H]1[C@](C)(CO)CCC[C@]21C. The molecule has 0 spiro atoms. The van der Waals surface area contributed by atoms with Crippen LogP contribution in [0, 0.1) is 34.5 Å². The van der Waals surface area contributed by atoms with E-state index < -0.39 is 6.10 Å². The number of hydrogen-bond donors (Lipinski definition) is 2. The molecule has 24 heavy (non-hydrogen) atoms. The summed E-state index contributed by atoms with van der Waals surface area (Å²) in [4.78, 5) is 11.7. The van der Waals surface area contributed by atoms with E-state index in [0.717, 1.165) is 37.0 Å². The number of hydrogen-bond acceptors (Lipinski definition) is 4. The fourth-order valence-corrected chi connectivity index (χ4v) is 6.59. The Hall–Kier alpha value is -1.13. The van der Waals surface area contributed by atoms with Crippen LogP contribution in [0.3, 0.4) is 0 Å². The largest absolute Gasteiger partial charge is 0.423 e. The van der Waals surface area contributed by atoms with E-state index in [0.29, 0.717) is 5.92 Å². The van der Waals surface area contributed by atoms with Crippen LogP contribution in [-0.2, 0) is 9.53 Å². The molecule has 0 amide bonds. The number of carbonyl (C=O) groups excluding carboxylic acids is 1. The molecule has 0 bridgehead atoms. The lowest BCUT2D eigenvalue weighted by Crippen LogP contribution is -2.60. The van der Waals surface area contributed by atoms with Crippen LogP contribution in [0.15, 0.2) is 23.5 Å². The minimum absolute atomic E-state index is 0.0696. The van der Waals surface area contributed by atoms with Gasteiger partial charge in [0.1, 0.15) is 5.76 Å². The molecule has 0 radical (unpaired) electrons. The Morgan fingerprint density at radius 3 is 2.79 bits per heavy atom. The zero-order valence-corrected chi connectivity index (χ0v) is 14.8. The average Bonchev–Trinajstić information content (AvgIpc) is 2.90. The van der Waals surface area contributed by atoms with Crippen molar-refractivity contribution in [2.45, 2.75) is 52.6 Å². The predicted octanol–water partition coefficient (Wildman–Crippen LogP) is 2.81. The van der Waals surface area contributed by atoms with Crippen LogP contribution in [0.1, 0.15) is 46.5 Å². The van der Waals surface area contributed by atoms with Crippen LogP contribution in [-0.4, -0.2) is 28.9 Å². The molecule has 0 aromatic heterocycles. The summed E-state index contributed by atoms with van der Waals surface area (Å²) in [5, 5.41) is 21.1.